The maximum Gasteiger partial charge on any atom is 0.144 e. The van der Waals surface area contributed by atoms with E-state index in [4.69, 9.17) is 10.1 Å². The maximum atomic E-state index is 8.01. The zero-order valence-corrected chi connectivity index (χ0v) is 11.2. The van der Waals surface area contributed by atoms with E-state index in [0.717, 1.165) is 5.57 Å². The van der Waals surface area contributed by atoms with E-state index in [-0.39, 0.29) is 0 Å². The normalized spacial score (nSPS) is 17.6. The van der Waals surface area contributed by atoms with Gasteiger partial charge in [0.2, 0.25) is 0 Å². The largest absolute Gasteiger partial charge is 0.494 e. The fraction of sp³-hybridized carbons (Fsp3) is 0.118. The molecule has 0 radical (unpaired) electrons. The third-order valence-electron chi connectivity index (χ3n) is 3.02. The first-order chi connectivity index (χ1) is 9.22. The molecule has 0 aliphatic heterocycles. The maximum absolute atomic E-state index is 8.01. The molecule has 96 valence electrons. The number of methoxy groups -OCH3 is 1. The number of benzene rings is 1. The van der Waals surface area contributed by atoms with Crippen LogP contribution in [0.4, 0.5) is 0 Å². The van der Waals surface area contributed by atoms with Crippen LogP contribution >= 0.6 is 0 Å². The second-order valence-corrected chi connectivity index (χ2v) is 4.31. The first kappa shape index (κ1) is 13.1. The van der Waals surface area contributed by atoms with E-state index in [0.29, 0.717) is 11.5 Å². The molecular weight excluding hydrogens is 234 g/mol. The van der Waals surface area contributed by atoms with Gasteiger partial charge in [-0.2, -0.15) is 0 Å². The van der Waals surface area contributed by atoms with Crippen molar-refractivity contribution in [3.8, 4) is 0 Å². The van der Waals surface area contributed by atoms with Crippen molar-refractivity contribution in [2.45, 2.75) is 6.92 Å². The molecule has 19 heavy (non-hydrogen) atoms. The van der Waals surface area contributed by atoms with Crippen LogP contribution in [0.15, 0.2) is 72.0 Å². The summed E-state index contributed by atoms with van der Waals surface area (Å²) in [6, 6.07) is 10.2. The highest BCUT2D eigenvalue weighted by Crippen LogP contribution is 2.17. The Morgan fingerprint density at radius 1 is 1.21 bits per heavy atom. The third-order valence-corrected chi connectivity index (χ3v) is 3.02. The average Bonchev–Trinajstić information content (AvgIpc) is 2.47. The molecule has 1 aliphatic rings. The second kappa shape index (κ2) is 6.01. The minimum atomic E-state index is 0.419. The van der Waals surface area contributed by atoms with Crippen LogP contribution in [0.5, 0.6) is 0 Å². The van der Waals surface area contributed by atoms with Gasteiger partial charge in [-0.25, -0.2) is 0 Å². The summed E-state index contributed by atoms with van der Waals surface area (Å²) in [4.78, 5) is 0. The Morgan fingerprint density at radius 3 is 2.63 bits per heavy atom. The van der Waals surface area contributed by atoms with Crippen LogP contribution in [-0.2, 0) is 4.74 Å². The van der Waals surface area contributed by atoms with Gasteiger partial charge in [-0.3, -0.25) is 5.41 Å². The van der Waals surface area contributed by atoms with Crippen molar-refractivity contribution >= 4 is 11.3 Å². The molecular formula is C17H17NO. The Morgan fingerprint density at radius 2 is 1.95 bits per heavy atom. The van der Waals surface area contributed by atoms with Gasteiger partial charge in [-0.05, 0) is 24.1 Å². The van der Waals surface area contributed by atoms with E-state index in [1.807, 2.05) is 42.5 Å². The molecule has 2 nitrogen and oxygen atoms in total. The molecule has 0 unspecified atom stereocenters. The lowest BCUT2D eigenvalue weighted by Gasteiger charge is -2.11. The van der Waals surface area contributed by atoms with Gasteiger partial charge in [0, 0.05) is 5.57 Å². The monoisotopic (exact) mass is 251 g/mol. The molecule has 0 fully saturated rings. The lowest BCUT2D eigenvalue weighted by atomic mass is 10.0. The molecule has 1 aromatic carbocycles. The lowest BCUT2D eigenvalue weighted by molar-refractivity contribution is 0.314. The molecule has 2 rings (SSSR count). The van der Waals surface area contributed by atoms with Gasteiger partial charge in [-0.1, -0.05) is 54.6 Å². The predicted molar refractivity (Wildman–Crippen MR) is 80.1 cm³/mol. The minimum Gasteiger partial charge on any atom is -0.494 e. The van der Waals surface area contributed by atoms with Crippen LogP contribution in [0.25, 0.3) is 5.57 Å². The van der Waals surface area contributed by atoms with E-state index in [1.54, 1.807) is 13.2 Å². The van der Waals surface area contributed by atoms with Crippen LogP contribution in [0.1, 0.15) is 12.5 Å². The number of rotatable bonds is 3. The summed E-state index contributed by atoms with van der Waals surface area (Å²) in [5.41, 5.74) is 3.63. The number of hydrogen-bond acceptors (Lipinski definition) is 2. The summed E-state index contributed by atoms with van der Waals surface area (Å²) in [5, 5.41) is 8.01. The first-order valence-corrected chi connectivity index (χ1v) is 6.18. The fourth-order valence-corrected chi connectivity index (χ4v) is 1.87. The fourth-order valence-electron chi connectivity index (χ4n) is 1.87. The molecule has 0 bridgehead atoms. The molecule has 0 amide bonds. The molecule has 1 N–H and O–H groups in total. The van der Waals surface area contributed by atoms with E-state index in [9.17, 15) is 0 Å². The molecule has 0 spiro atoms. The topological polar surface area (TPSA) is 33.1 Å². The zero-order valence-electron chi connectivity index (χ0n) is 11.2. The highest BCUT2D eigenvalue weighted by molar-refractivity contribution is 6.12. The molecule has 0 atom stereocenters. The summed E-state index contributed by atoms with van der Waals surface area (Å²) in [6.45, 7) is 2.07. The van der Waals surface area contributed by atoms with Crippen molar-refractivity contribution in [1.29, 1.82) is 5.41 Å². The quantitative estimate of drug-likeness (QED) is 0.860. The summed E-state index contributed by atoms with van der Waals surface area (Å²) in [7, 11) is 1.59. The molecule has 1 aromatic rings. The lowest BCUT2D eigenvalue weighted by Crippen LogP contribution is -2.08. The van der Waals surface area contributed by atoms with Crippen molar-refractivity contribution in [3.05, 3.63) is 77.6 Å². The molecule has 0 saturated carbocycles. The van der Waals surface area contributed by atoms with Crippen LogP contribution in [0.3, 0.4) is 0 Å². The minimum absolute atomic E-state index is 0.419. The van der Waals surface area contributed by atoms with Gasteiger partial charge < -0.3 is 4.74 Å². The van der Waals surface area contributed by atoms with Crippen LogP contribution in [-0.4, -0.2) is 12.8 Å². The van der Waals surface area contributed by atoms with Gasteiger partial charge >= 0.3 is 0 Å². The predicted octanol–water partition coefficient (Wildman–Crippen LogP) is 4.14. The van der Waals surface area contributed by atoms with Gasteiger partial charge in [0.1, 0.15) is 11.5 Å². The number of hydrogen-bond donors (Lipinski definition) is 1. The second-order valence-electron chi connectivity index (χ2n) is 4.31. The Kier molecular flexibility index (Phi) is 4.14. The van der Waals surface area contributed by atoms with Crippen LogP contribution in [0.2, 0.25) is 0 Å². The van der Waals surface area contributed by atoms with E-state index in [1.165, 1.54) is 11.1 Å². The van der Waals surface area contributed by atoms with Crippen molar-refractivity contribution < 1.29 is 4.74 Å². The van der Waals surface area contributed by atoms with E-state index >= 15 is 0 Å². The van der Waals surface area contributed by atoms with E-state index < -0.39 is 0 Å². The van der Waals surface area contributed by atoms with Crippen molar-refractivity contribution in [2.24, 2.45) is 0 Å². The Balaban J connectivity index is 2.22. The zero-order chi connectivity index (χ0) is 13.7. The Bertz CT molecular complexity index is 589. The third kappa shape index (κ3) is 3.10. The number of nitrogens with one attached hydrogen (secondary N) is 1. The molecule has 2 heteroatoms. The summed E-state index contributed by atoms with van der Waals surface area (Å²) < 4.78 is 5.15. The average molecular weight is 251 g/mol. The van der Waals surface area contributed by atoms with Gasteiger partial charge in [0.25, 0.3) is 0 Å². The highest BCUT2D eigenvalue weighted by atomic mass is 16.5. The number of ether oxygens (including phenoxy) is 1. The van der Waals surface area contributed by atoms with Gasteiger partial charge in [0.15, 0.2) is 0 Å². The smallest absolute Gasteiger partial charge is 0.144 e. The molecule has 1 aliphatic carbocycles. The first-order valence-electron chi connectivity index (χ1n) is 6.18. The van der Waals surface area contributed by atoms with Crippen LogP contribution < -0.4 is 0 Å². The Labute approximate surface area is 113 Å². The highest BCUT2D eigenvalue weighted by Gasteiger charge is 2.11. The SMILES string of the molecule is COC1=CC=C/C(=C/C=C(\C)c2ccccc2)C1=N. The van der Waals surface area contributed by atoms with Crippen molar-refractivity contribution in [3.63, 3.8) is 0 Å². The molecule has 0 saturated heterocycles. The standard InChI is InChI=1S/C17H17NO/c1-13(14-7-4-3-5-8-14)11-12-15-9-6-10-16(19-2)17(15)18/h3-12,18H,1-2H3/b13-11+,15-12-,18-17?. The van der Waals surface area contributed by atoms with Crippen molar-refractivity contribution in [1.82, 2.24) is 0 Å². The van der Waals surface area contributed by atoms with Gasteiger partial charge in [0.05, 0.1) is 7.11 Å². The molecule has 0 aromatic heterocycles. The summed E-state index contributed by atoms with van der Waals surface area (Å²) in [5.74, 6) is 0.597. The Hall–Kier alpha value is -2.35. The summed E-state index contributed by atoms with van der Waals surface area (Å²) >= 11 is 0. The number of allylic oxidation sites excluding steroid dienone is 7. The van der Waals surface area contributed by atoms with Crippen LogP contribution in [0, 0.1) is 5.41 Å². The van der Waals surface area contributed by atoms with Gasteiger partial charge in [-0.15, -0.1) is 0 Å². The summed E-state index contributed by atoms with van der Waals surface area (Å²) in [6.07, 6.45) is 9.59. The van der Waals surface area contributed by atoms with E-state index in [2.05, 4.69) is 19.1 Å². The molecule has 0 heterocycles. The van der Waals surface area contributed by atoms with Crippen molar-refractivity contribution in [2.75, 3.05) is 7.11 Å².